The smallest absolute Gasteiger partial charge is 0.132 e. The molecule has 0 aromatic carbocycles. The molecule has 64 valence electrons. The summed E-state index contributed by atoms with van der Waals surface area (Å²) in [6, 6.07) is 4.00. The summed E-state index contributed by atoms with van der Waals surface area (Å²) >= 11 is 5.93. The fourth-order valence-corrected chi connectivity index (χ4v) is 1.41. The molecule has 0 radical (unpaired) electrons. The highest BCUT2D eigenvalue weighted by molar-refractivity contribution is 6.30. The van der Waals surface area contributed by atoms with Crippen LogP contribution in [0.5, 0.6) is 0 Å². The molecule has 1 fully saturated rings. The van der Waals surface area contributed by atoms with Crippen LogP contribution in [0.4, 0.5) is 0 Å². The van der Waals surface area contributed by atoms with Crippen molar-refractivity contribution in [2.45, 2.75) is 19.4 Å². The van der Waals surface area contributed by atoms with E-state index in [1.54, 1.807) is 0 Å². The molecule has 1 unspecified atom stereocenters. The van der Waals surface area contributed by atoms with Gasteiger partial charge in [0.2, 0.25) is 0 Å². The molecule has 0 amide bonds. The molecule has 12 heavy (non-hydrogen) atoms. The maximum Gasteiger partial charge on any atom is 0.132 e. The first-order valence-corrected chi connectivity index (χ1v) is 4.37. The Morgan fingerprint density at radius 1 is 1.67 bits per heavy atom. The van der Waals surface area contributed by atoms with Crippen molar-refractivity contribution in [3.05, 3.63) is 28.5 Å². The maximum absolute atomic E-state index is 5.93. The van der Waals surface area contributed by atoms with Gasteiger partial charge in [-0.25, -0.2) is 4.98 Å². The largest absolute Gasteiger partial charge is 0.373 e. The number of hydrogen-bond donors (Lipinski definition) is 0. The standard InChI is InChI=1S/C9H10ClNO/c1-6-2-3-7(9(10)11-6)4-8-5-12-8/h2-3,8H,4-5H2,1H3. The summed E-state index contributed by atoms with van der Waals surface area (Å²) in [4.78, 5) is 4.16. The molecule has 3 heteroatoms. The first-order valence-electron chi connectivity index (χ1n) is 3.99. The minimum Gasteiger partial charge on any atom is -0.373 e. The molecule has 2 rings (SSSR count). The number of hydrogen-bond acceptors (Lipinski definition) is 2. The van der Waals surface area contributed by atoms with Crippen LogP contribution in [0.1, 0.15) is 11.3 Å². The lowest BCUT2D eigenvalue weighted by atomic mass is 10.1. The van der Waals surface area contributed by atoms with Crippen molar-refractivity contribution >= 4 is 11.6 Å². The zero-order chi connectivity index (χ0) is 8.55. The number of nitrogens with zero attached hydrogens (tertiary/aromatic N) is 1. The van der Waals surface area contributed by atoms with Crippen LogP contribution in [0.15, 0.2) is 12.1 Å². The lowest BCUT2D eigenvalue weighted by Gasteiger charge is -2.01. The molecule has 1 aromatic rings. The summed E-state index contributed by atoms with van der Waals surface area (Å²) in [6.45, 7) is 2.80. The van der Waals surface area contributed by atoms with Crippen molar-refractivity contribution < 1.29 is 4.74 Å². The topological polar surface area (TPSA) is 25.4 Å². The van der Waals surface area contributed by atoms with Crippen LogP contribution >= 0.6 is 11.6 Å². The molecule has 0 saturated carbocycles. The van der Waals surface area contributed by atoms with Gasteiger partial charge in [0.05, 0.1) is 12.7 Å². The van der Waals surface area contributed by atoms with Crippen molar-refractivity contribution in [2.75, 3.05) is 6.61 Å². The van der Waals surface area contributed by atoms with Gasteiger partial charge in [-0.15, -0.1) is 0 Å². The van der Waals surface area contributed by atoms with Gasteiger partial charge in [0.15, 0.2) is 0 Å². The summed E-state index contributed by atoms with van der Waals surface area (Å²) in [5, 5.41) is 0.616. The van der Waals surface area contributed by atoms with Crippen LogP contribution in [0, 0.1) is 6.92 Å². The predicted octanol–water partition coefficient (Wildman–Crippen LogP) is 1.98. The van der Waals surface area contributed by atoms with Crippen LogP contribution in [0.25, 0.3) is 0 Å². The monoisotopic (exact) mass is 183 g/mol. The van der Waals surface area contributed by atoms with Gasteiger partial charge in [0.1, 0.15) is 5.15 Å². The average molecular weight is 184 g/mol. The number of rotatable bonds is 2. The third-order valence-electron chi connectivity index (χ3n) is 1.92. The molecule has 0 bridgehead atoms. The molecule has 1 atom stereocenters. The first-order chi connectivity index (χ1) is 5.75. The second-order valence-corrected chi connectivity index (χ2v) is 3.42. The van der Waals surface area contributed by atoms with Crippen LogP contribution in [-0.2, 0) is 11.2 Å². The second kappa shape index (κ2) is 3.04. The summed E-state index contributed by atoms with van der Waals surface area (Å²) in [5.41, 5.74) is 2.05. The number of epoxide rings is 1. The molecule has 1 aliphatic heterocycles. The zero-order valence-electron chi connectivity index (χ0n) is 6.88. The van der Waals surface area contributed by atoms with Gasteiger partial charge < -0.3 is 4.74 Å². The van der Waals surface area contributed by atoms with Gasteiger partial charge in [-0.05, 0) is 18.6 Å². The first kappa shape index (κ1) is 8.02. The SMILES string of the molecule is Cc1ccc(CC2CO2)c(Cl)n1. The zero-order valence-corrected chi connectivity index (χ0v) is 7.64. The van der Waals surface area contributed by atoms with Gasteiger partial charge in [-0.1, -0.05) is 17.7 Å². The Morgan fingerprint density at radius 2 is 2.42 bits per heavy atom. The van der Waals surface area contributed by atoms with E-state index < -0.39 is 0 Å². The summed E-state index contributed by atoms with van der Waals surface area (Å²) in [6.07, 6.45) is 1.28. The quantitative estimate of drug-likeness (QED) is 0.518. The van der Waals surface area contributed by atoms with Crippen LogP contribution < -0.4 is 0 Å². The van der Waals surface area contributed by atoms with E-state index in [1.807, 2.05) is 19.1 Å². The van der Waals surface area contributed by atoms with Gasteiger partial charge in [0, 0.05) is 12.1 Å². The molecular formula is C9H10ClNO. The highest BCUT2D eigenvalue weighted by atomic mass is 35.5. The van der Waals surface area contributed by atoms with E-state index in [0.29, 0.717) is 11.3 Å². The summed E-state index contributed by atoms with van der Waals surface area (Å²) < 4.78 is 5.11. The second-order valence-electron chi connectivity index (χ2n) is 3.06. The van der Waals surface area contributed by atoms with Gasteiger partial charge >= 0.3 is 0 Å². The summed E-state index contributed by atoms with van der Waals surface area (Å²) in [7, 11) is 0. The van der Waals surface area contributed by atoms with Crippen molar-refractivity contribution in [1.82, 2.24) is 4.98 Å². The van der Waals surface area contributed by atoms with Crippen LogP contribution in [-0.4, -0.2) is 17.7 Å². The molecule has 2 heterocycles. The predicted molar refractivity (Wildman–Crippen MR) is 47.4 cm³/mol. The third kappa shape index (κ3) is 1.76. The normalized spacial score (nSPS) is 21.0. The van der Waals surface area contributed by atoms with Gasteiger partial charge in [-0.3, -0.25) is 0 Å². The Kier molecular flexibility index (Phi) is 2.03. The number of aryl methyl sites for hydroxylation is 1. The minimum atomic E-state index is 0.381. The number of ether oxygens (including phenoxy) is 1. The molecular weight excluding hydrogens is 174 g/mol. The lowest BCUT2D eigenvalue weighted by molar-refractivity contribution is 0.407. The molecule has 1 saturated heterocycles. The van der Waals surface area contributed by atoms with Crippen LogP contribution in [0.2, 0.25) is 5.15 Å². The number of aromatic nitrogens is 1. The Morgan fingerprint density at radius 3 is 3.00 bits per heavy atom. The third-order valence-corrected chi connectivity index (χ3v) is 2.24. The Hall–Kier alpha value is -0.600. The Labute approximate surface area is 76.5 Å². The molecule has 2 nitrogen and oxygen atoms in total. The Bertz CT molecular complexity index is 297. The fraction of sp³-hybridized carbons (Fsp3) is 0.444. The van der Waals surface area contributed by atoms with E-state index in [1.165, 1.54) is 0 Å². The van der Waals surface area contributed by atoms with Crippen molar-refractivity contribution in [3.8, 4) is 0 Å². The van der Waals surface area contributed by atoms with E-state index in [0.717, 1.165) is 24.3 Å². The highest BCUT2D eigenvalue weighted by Gasteiger charge is 2.23. The van der Waals surface area contributed by atoms with Gasteiger partial charge in [-0.2, -0.15) is 0 Å². The van der Waals surface area contributed by atoms with Crippen molar-refractivity contribution in [2.24, 2.45) is 0 Å². The Balaban J connectivity index is 2.18. The van der Waals surface area contributed by atoms with E-state index in [2.05, 4.69) is 4.98 Å². The van der Waals surface area contributed by atoms with E-state index >= 15 is 0 Å². The van der Waals surface area contributed by atoms with Crippen LogP contribution in [0.3, 0.4) is 0 Å². The number of halogens is 1. The molecule has 1 aliphatic rings. The van der Waals surface area contributed by atoms with E-state index in [4.69, 9.17) is 16.3 Å². The lowest BCUT2D eigenvalue weighted by Crippen LogP contribution is -1.96. The van der Waals surface area contributed by atoms with Crippen molar-refractivity contribution in [3.63, 3.8) is 0 Å². The minimum absolute atomic E-state index is 0.381. The molecule has 0 N–H and O–H groups in total. The maximum atomic E-state index is 5.93. The van der Waals surface area contributed by atoms with E-state index in [-0.39, 0.29) is 0 Å². The fourth-order valence-electron chi connectivity index (χ4n) is 1.14. The summed E-state index contributed by atoms with van der Waals surface area (Å²) in [5.74, 6) is 0. The number of pyridine rings is 1. The molecule has 0 spiro atoms. The van der Waals surface area contributed by atoms with E-state index in [9.17, 15) is 0 Å². The highest BCUT2D eigenvalue weighted by Crippen LogP contribution is 2.21. The molecule has 1 aromatic heterocycles. The van der Waals surface area contributed by atoms with Gasteiger partial charge in [0.25, 0.3) is 0 Å². The molecule has 0 aliphatic carbocycles. The average Bonchev–Trinajstić information content (AvgIpc) is 2.79. The van der Waals surface area contributed by atoms with Crippen molar-refractivity contribution in [1.29, 1.82) is 0 Å².